The van der Waals surface area contributed by atoms with E-state index in [9.17, 15) is 0 Å². The molecule has 1 heterocycles. The smallest absolute Gasteiger partial charge is 0.128 e. The molecule has 0 unspecified atom stereocenters. The number of benzene rings is 1. The molecule has 0 amide bonds. The van der Waals surface area contributed by atoms with Crippen LogP contribution in [-0.4, -0.2) is 23.1 Å². The largest absolute Gasteiger partial charge is 0.496 e. The van der Waals surface area contributed by atoms with Crippen molar-refractivity contribution in [2.24, 2.45) is 0 Å². The summed E-state index contributed by atoms with van der Waals surface area (Å²) in [6.07, 6.45) is 4.16. The highest BCUT2D eigenvalue weighted by atomic mass is 32.2. The topological polar surface area (TPSA) is 27.1 Å². The van der Waals surface area contributed by atoms with Gasteiger partial charge in [0.2, 0.25) is 0 Å². The van der Waals surface area contributed by atoms with E-state index in [1.165, 1.54) is 4.90 Å². The number of hydrogen-bond acceptors (Lipinski definition) is 3. The predicted octanol–water partition coefficient (Wildman–Crippen LogP) is 3.86. The first kappa shape index (κ1) is 13.0. The summed E-state index contributed by atoms with van der Waals surface area (Å²) in [6, 6.07) is 8.36. The van der Waals surface area contributed by atoms with Crippen LogP contribution in [0.1, 0.15) is 19.9 Å². The summed E-state index contributed by atoms with van der Waals surface area (Å²) in [5.74, 6) is 0.863. The summed E-state index contributed by atoms with van der Waals surface area (Å²) >= 11 is 1.71. The molecule has 0 atom stereocenters. The SMILES string of the molecule is COc1ccccc1-c1nn(C(C)C)cc1SC. The Kier molecular flexibility index (Phi) is 3.97. The van der Waals surface area contributed by atoms with Gasteiger partial charge in [0.05, 0.1) is 12.0 Å². The Hall–Kier alpha value is -1.42. The van der Waals surface area contributed by atoms with Crippen LogP contribution in [0.3, 0.4) is 0 Å². The zero-order valence-corrected chi connectivity index (χ0v) is 12.0. The number of ether oxygens (including phenoxy) is 1. The minimum absolute atomic E-state index is 0.361. The second-order valence-corrected chi connectivity index (χ2v) is 5.17. The lowest BCUT2D eigenvalue weighted by molar-refractivity contribution is 0.416. The lowest BCUT2D eigenvalue weighted by Crippen LogP contribution is -2.00. The highest BCUT2D eigenvalue weighted by molar-refractivity contribution is 7.98. The molecular weight excluding hydrogens is 244 g/mol. The fourth-order valence-electron chi connectivity index (χ4n) is 1.82. The van der Waals surface area contributed by atoms with Gasteiger partial charge in [-0.1, -0.05) is 12.1 Å². The molecule has 2 rings (SSSR count). The van der Waals surface area contributed by atoms with E-state index in [-0.39, 0.29) is 0 Å². The fraction of sp³-hybridized carbons (Fsp3) is 0.357. The molecule has 1 aromatic carbocycles. The standard InChI is InChI=1S/C14H18N2OS/c1-10(2)16-9-13(18-4)14(15-16)11-7-5-6-8-12(11)17-3/h5-10H,1-4H3. The van der Waals surface area contributed by atoms with Gasteiger partial charge < -0.3 is 4.74 Å². The van der Waals surface area contributed by atoms with Gasteiger partial charge in [-0.15, -0.1) is 11.8 Å². The molecule has 0 saturated carbocycles. The van der Waals surface area contributed by atoms with Gasteiger partial charge >= 0.3 is 0 Å². The monoisotopic (exact) mass is 262 g/mol. The van der Waals surface area contributed by atoms with Gasteiger partial charge in [-0.25, -0.2) is 0 Å². The minimum atomic E-state index is 0.361. The number of hydrogen-bond donors (Lipinski definition) is 0. The quantitative estimate of drug-likeness (QED) is 0.783. The van der Waals surface area contributed by atoms with Gasteiger partial charge in [0, 0.05) is 17.8 Å². The lowest BCUT2D eigenvalue weighted by atomic mass is 10.1. The van der Waals surface area contributed by atoms with E-state index in [4.69, 9.17) is 4.74 Å². The van der Waals surface area contributed by atoms with Gasteiger partial charge in [0.1, 0.15) is 11.4 Å². The Morgan fingerprint density at radius 2 is 2.00 bits per heavy atom. The first-order valence-corrected chi connectivity index (χ1v) is 7.16. The number of rotatable bonds is 4. The third-order valence-corrected chi connectivity index (χ3v) is 3.55. The Morgan fingerprint density at radius 3 is 2.61 bits per heavy atom. The van der Waals surface area contributed by atoms with Crippen LogP contribution in [0.4, 0.5) is 0 Å². The molecule has 4 heteroatoms. The molecule has 0 aliphatic rings. The second-order valence-electron chi connectivity index (χ2n) is 4.32. The van der Waals surface area contributed by atoms with Gasteiger partial charge in [-0.05, 0) is 32.2 Å². The van der Waals surface area contributed by atoms with Crippen molar-refractivity contribution in [1.29, 1.82) is 0 Å². The maximum absolute atomic E-state index is 5.41. The maximum Gasteiger partial charge on any atom is 0.128 e. The number of nitrogens with zero attached hydrogens (tertiary/aromatic N) is 2. The summed E-state index contributed by atoms with van der Waals surface area (Å²) in [4.78, 5) is 1.17. The lowest BCUT2D eigenvalue weighted by Gasteiger charge is -2.07. The van der Waals surface area contributed by atoms with Gasteiger partial charge in [0.15, 0.2) is 0 Å². The van der Waals surface area contributed by atoms with Crippen molar-refractivity contribution in [3.8, 4) is 17.0 Å². The van der Waals surface area contributed by atoms with E-state index in [1.54, 1.807) is 18.9 Å². The summed E-state index contributed by atoms with van der Waals surface area (Å²) < 4.78 is 7.40. The number of methoxy groups -OCH3 is 1. The minimum Gasteiger partial charge on any atom is -0.496 e. The highest BCUT2D eigenvalue weighted by Crippen LogP contribution is 2.35. The van der Waals surface area contributed by atoms with Crippen molar-refractivity contribution in [2.45, 2.75) is 24.8 Å². The molecule has 0 fully saturated rings. The number of para-hydroxylation sites is 1. The van der Waals surface area contributed by atoms with Crippen molar-refractivity contribution >= 4 is 11.8 Å². The van der Waals surface area contributed by atoms with Crippen LogP contribution in [0.15, 0.2) is 35.4 Å². The van der Waals surface area contributed by atoms with E-state index in [2.05, 4.69) is 31.4 Å². The third kappa shape index (κ3) is 2.38. The van der Waals surface area contributed by atoms with Crippen LogP contribution in [0.25, 0.3) is 11.3 Å². The van der Waals surface area contributed by atoms with Crippen molar-refractivity contribution in [3.63, 3.8) is 0 Å². The molecule has 0 spiro atoms. The maximum atomic E-state index is 5.41. The van der Waals surface area contributed by atoms with E-state index in [0.29, 0.717) is 6.04 Å². The van der Waals surface area contributed by atoms with E-state index in [1.807, 2.05) is 28.9 Å². The van der Waals surface area contributed by atoms with E-state index in [0.717, 1.165) is 17.0 Å². The number of aromatic nitrogens is 2. The second kappa shape index (κ2) is 5.48. The van der Waals surface area contributed by atoms with Crippen molar-refractivity contribution in [2.75, 3.05) is 13.4 Å². The molecule has 0 aliphatic carbocycles. The first-order valence-electron chi connectivity index (χ1n) is 5.94. The molecule has 0 N–H and O–H groups in total. The highest BCUT2D eigenvalue weighted by Gasteiger charge is 2.15. The first-order chi connectivity index (χ1) is 8.67. The summed E-state index contributed by atoms with van der Waals surface area (Å²) in [6.45, 7) is 4.26. The van der Waals surface area contributed by atoms with Crippen LogP contribution < -0.4 is 4.74 Å². The molecule has 0 saturated heterocycles. The normalized spacial score (nSPS) is 10.9. The predicted molar refractivity (Wildman–Crippen MR) is 76.4 cm³/mol. The van der Waals surface area contributed by atoms with Crippen molar-refractivity contribution in [3.05, 3.63) is 30.5 Å². The third-order valence-electron chi connectivity index (χ3n) is 2.81. The van der Waals surface area contributed by atoms with E-state index >= 15 is 0 Å². The number of thioether (sulfide) groups is 1. The summed E-state index contributed by atoms with van der Waals surface area (Å²) in [5, 5.41) is 4.68. The average Bonchev–Trinajstić information content (AvgIpc) is 2.82. The van der Waals surface area contributed by atoms with Crippen LogP contribution in [0.2, 0.25) is 0 Å². The zero-order chi connectivity index (χ0) is 13.1. The van der Waals surface area contributed by atoms with Crippen LogP contribution >= 0.6 is 11.8 Å². The summed E-state index contributed by atoms with van der Waals surface area (Å²) in [5.41, 5.74) is 2.04. The molecule has 1 aromatic heterocycles. The van der Waals surface area contributed by atoms with Gasteiger partial charge in [0.25, 0.3) is 0 Å². The van der Waals surface area contributed by atoms with Crippen LogP contribution in [-0.2, 0) is 0 Å². The Bertz CT molecular complexity index is 534. The van der Waals surface area contributed by atoms with Gasteiger partial charge in [-0.2, -0.15) is 5.10 Å². The van der Waals surface area contributed by atoms with Gasteiger partial charge in [-0.3, -0.25) is 4.68 Å². The van der Waals surface area contributed by atoms with Crippen molar-refractivity contribution in [1.82, 2.24) is 9.78 Å². The van der Waals surface area contributed by atoms with Crippen molar-refractivity contribution < 1.29 is 4.74 Å². The molecule has 0 aliphatic heterocycles. The van der Waals surface area contributed by atoms with E-state index < -0.39 is 0 Å². The molecule has 0 radical (unpaired) electrons. The molecule has 0 bridgehead atoms. The molecule has 2 aromatic rings. The van der Waals surface area contributed by atoms with Crippen LogP contribution in [0.5, 0.6) is 5.75 Å². The molecule has 3 nitrogen and oxygen atoms in total. The zero-order valence-electron chi connectivity index (χ0n) is 11.2. The Morgan fingerprint density at radius 1 is 1.28 bits per heavy atom. The molecular formula is C14H18N2OS. The fourth-order valence-corrected chi connectivity index (χ4v) is 2.37. The Labute approximate surface area is 112 Å². The summed E-state index contributed by atoms with van der Waals surface area (Å²) in [7, 11) is 1.69. The Balaban J connectivity index is 2.55. The molecule has 18 heavy (non-hydrogen) atoms. The average molecular weight is 262 g/mol. The molecule has 96 valence electrons. The van der Waals surface area contributed by atoms with Crippen LogP contribution in [0, 0.1) is 0 Å².